The van der Waals surface area contributed by atoms with Crippen molar-refractivity contribution in [2.45, 2.75) is 32.7 Å². The molecule has 1 aliphatic carbocycles. The second-order valence-corrected chi connectivity index (χ2v) is 5.13. The van der Waals surface area contributed by atoms with Gasteiger partial charge in [0, 0.05) is 7.05 Å². The molecular weight excluding hydrogens is 262 g/mol. The molecule has 1 heterocycles. The molecule has 1 aliphatic rings. The Balaban J connectivity index is 1.90. The first kappa shape index (κ1) is 14.4. The number of rotatable bonds is 6. The first-order chi connectivity index (χ1) is 9.40. The molecule has 7 nitrogen and oxygen atoms in total. The third kappa shape index (κ3) is 3.09. The Morgan fingerprint density at radius 2 is 2.15 bits per heavy atom. The maximum absolute atomic E-state index is 11.8. The molecule has 0 aliphatic heterocycles. The smallest absolute Gasteiger partial charge is 0.326 e. The molecule has 20 heavy (non-hydrogen) atoms. The number of aryl methyl sites for hydroxylation is 2. The molecule has 0 saturated heterocycles. The topological polar surface area (TPSA) is 93.5 Å². The van der Waals surface area contributed by atoms with Gasteiger partial charge in [0.1, 0.15) is 11.7 Å². The van der Waals surface area contributed by atoms with Gasteiger partial charge in [-0.15, -0.1) is 0 Å². The van der Waals surface area contributed by atoms with Gasteiger partial charge >= 0.3 is 5.97 Å². The van der Waals surface area contributed by atoms with E-state index in [1.807, 2.05) is 6.92 Å². The fraction of sp³-hybridized carbons (Fsp3) is 0.615. The Morgan fingerprint density at radius 3 is 2.60 bits per heavy atom. The predicted octanol–water partition coefficient (Wildman–Crippen LogP) is 0.395. The number of nitrogens with zero attached hydrogens (tertiary/aromatic N) is 2. The van der Waals surface area contributed by atoms with E-state index >= 15 is 0 Å². The number of hydrogen-bond donors (Lipinski definition) is 2. The lowest BCUT2D eigenvalue weighted by Crippen LogP contribution is -2.44. The Bertz CT molecular complexity index is 534. The summed E-state index contributed by atoms with van der Waals surface area (Å²) in [5.41, 5.74) is 1.53. The average molecular weight is 281 g/mol. The zero-order valence-electron chi connectivity index (χ0n) is 11.8. The zero-order valence-corrected chi connectivity index (χ0v) is 11.8. The van der Waals surface area contributed by atoms with Gasteiger partial charge in [-0.2, -0.15) is 5.10 Å². The monoisotopic (exact) mass is 281 g/mol. The fourth-order valence-electron chi connectivity index (χ4n) is 2.13. The molecule has 110 valence electrons. The molecule has 1 amide bonds. The molecule has 1 saturated carbocycles. The van der Waals surface area contributed by atoms with Crippen molar-refractivity contribution in [1.82, 2.24) is 15.1 Å². The molecule has 1 unspecified atom stereocenters. The minimum atomic E-state index is -0.991. The number of aromatic nitrogens is 2. The standard InChI is InChI=1S/C13H19N3O4/c1-7-12(8(2)16(3)15-7)20-6-10(17)14-11(13(18)19)9-4-5-9/h9,11H,4-6H2,1-3H3,(H,14,17)(H,18,19). The van der Waals surface area contributed by atoms with E-state index in [0.717, 1.165) is 18.5 Å². The minimum absolute atomic E-state index is 0.0540. The van der Waals surface area contributed by atoms with E-state index in [0.29, 0.717) is 11.4 Å². The molecule has 1 aromatic rings. The third-order valence-corrected chi connectivity index (χ3v) is 3.47. The number of aliphatic carboxylic acids is 1. The number of hydrogen-bond acceptors (Lipinski definition) is 4. The fourth-order valence-corrected chi connectivity index (χ4v) is 2.13. The second kappa shape index (κ2) is 5.52. The van der Waals surface area contributed by atoms with E-state index < -0.39 is 17.9 Å². The van der Waals surface area contributed by atoms with Gasteiger partial charge in [0.25, 0.3) is 5.91 Å². The lowest BCUT2D eigenvalue weighted by atomic mass is 10.2. The van der Waals surface area contributed by atoms with Crippen LogP contribution in [0.3, 0.4) is 0 Å². The van der Waals surface area contributed by atoms with Crippen molar-refractivity contribution in [3.8, 4) is 5.75 Å². The van der Waals surface area contributed by atoms with Crippen molar-refractivity contribution < 1.29 is 19.4 Å². The van der Waals surface area contributed by atoms with Crippen LogP contribution in [-0.4, -0.2) is 39.4 Å². The van der Waals surface area contributed by atoms with Crippen LogP contribution in [0.1, 0.15) is 24.2 Å². The van der Waals surface area contributed by atoms with Crippen LogP contribution in [0.15, 0.2) is 0 Å². The summed E-state index contributed by atoms with van der Waals surface area (Å²) in [6.07, 6.45) is 1.69. The van der Waals surface area contributed by atoms with Gasteiger partial charge < -0.3 is 15.2 Å². The van der Waals surface area contributed by atoms with Crippen LogP contribution in [0.2, 0.25) is 0 Å². The van der Waals surface area contributed by atoms with Crippen molar-refractivity contribution in [2.24, 2.45) is 13.0 Å². The predicted molar refractivity (Wildman–Crippen MR) is 70.5 cm³/mol. The molecule has 2 rings (SSSR count). The molecular formula is C13H19N3O4. The molecule has 1 fully saturated rings. The van der Waals surface area contributed by atoms with E-state index in [1.54, 1.807) is 18.7 Å². The van der Waals surface area contributed by atoms with Crippen molar-refractivity contribution in [2.75, 3.05) is 6.61 Å². The highest BCUT2D eigenvalue weighted by atomic mass is 16.5. The summed E-state index contributed by atoms with van der Waals surface area (Å²) in [5, 5.41) is 15.7. The maximum Gasteiger partial charge on any atom is 0.326 e. The van der Waals surface area contributed by atoms with E-state index in [2.05, 4.69) is 10.4 Å². The molecule has 1 atom stereocenters. The number of carboxylic acid groups (broad SMARTS) is 1. The average Bonchev–Trinajstić information content (AvgIpc) is 3.15. The van der Waals surface area contributed by atoms with E-state index in [4.69, 9.17) is 9.84 Å². The second-order valence-electron chi connectivity index (χ2n) is 5.13. The summed E-state index contributed by atoms with van der Waals surface area (Å²) in [5.74, 6) is -0.791. The van der Waals surface area contributed by atoms with Gasteiger partial charge in [0.05, 0.1) is 5.69 Å². The lowest BCUT2D eigenvalue weighted by Gasteiger charge is -2.14. The Hall–Kier alpha value is -2.05. The van der Waals surface area contributed by atoms with Crippen LogP contribution in [-0.2, 0) is 16.6 Å². The summed E-state index contributed by atoms with van der Waals surface area (Å²) in [6, 6.07) is -0.804. The van der Waals surface area contributed by atoms with Crippen molar-refractivity contribution >= 4 is 11.9 Å². The van der Waals surface area contributed by atoms with Crippen LogP contribution in [0.5, 0.6) is 5.75 Å². The summed E-state index contributed by atoms with van der Waals surface area (Å²) < 4.78 is 7.12. The van der Waals surface area contributed by atoms with Crippen LogP contribution in [0.4, 0.5) is 0 Å². The summed E-state index contributed by atoms with van der Waals surface area (Å²) in [4.78, 5) is 22.8. The van der Waals surface area contributed by atoms with E-state index in [9.17, 15) is 9.59 Å². The molecule has 0 bridgehead atoms. The normalized spacial score (nSPS) is 15.8. The molecule has 0 spiro atoms. The largest absolute Gasteiger partial charge is 0.480 e. The van der Waals surface area contributed by atoms with Crippen molar-refractivity contribution in [3.63, 3.8) is 0 Å². The van der Waals surface area contributed by atoms with Gasteiger partial charge in [-0.05, 0) is 32.6 Å². The lowest BCUT2D eigenvalue weighted by molar-refractivity contribution is -0.142. The van der Waals surface area contributed by atoms with Gasteiger partial charge in [0.2, 0.25) is 0 Å². The Kier molecular flexibility index (Phi) is 3.96. The number of carboxylic acids is 1. The minimum Gasteiger partial charge on any atom is -0.480 e. The van der Waals surface area contributed by atoms with E-state index in [-0.39, 0.29) is 12.5 Å². The van der Waals surface area contributed by atoms with Gasteiger partial charge in [0.15, 0.2) is 12.4 Å². The molecule has 2 N–H and O–H groups in total. The highest BCUT2D eigenvalue weighted by molar-refractivity contribution is 5.84. The molecule has 0 aromatic carbocycles. The molecule has 1 aromatic heterocycles. The third-order valence-electron chi connectivity index (χ3n) is 3.47. The van der Waals surface area contributed by atoms with Crippen molar-refractivity contribution in [1.29, 1.82) is 0 Å². The number of carbonyl (C=O) groups excluding carboxylic acids is 1. The highest BCUT2D eigenvalue weighted by Crippen LogP contribution is 2.32. The number of nitrogens with one attached hydrogen (secondary N) is 1. The number of carbonyl (C=O) groups is 2. The zero-order chi connectivity index (χ0) is 14.9. The van der Waals surface area contributed by atoms with Gasteiger partial charge in [-0.1, -0.05) is 0 Å². The summed E-state index contributed by atoms with van der Waals surface area (Å²) in [7, 11) is 1.79. The Morgan fingerprint density at radius 1 is 1.50 bits per heavy atom. The Labute approximate surface area is 116 Å². The molecule has 7 heteroatoms. The molecule has 0 radical (unpaired) electrons. The van der Waals surface area contributed by atoms with Crippen LogP contribution < -0.4 is 10.1 Å². The first-order valence-corrected chi connectivity index (χ1v) is 6.55. The van der Waals surface area contributed by atoms with Crippen molar-refractivity contribution in [3.05, 3.63) is 11.4 Å². The van der Waals surface area contributed by atoms with Crippen LogP contribution >= 0.6 is 0 Å². The quantitative estimate of drug-likeness (QED) is 0.787. The summed E-state index contributed by atoms with van der Waals surface area (Å²) in [6.45, 7) is 3.44. The first-order valence-electron chi connectivity index (χ1n) is 6.55. The maximum atomic E-state index is 11.8. The van der Waals surface area contributed by atoms with Gasteiger partial charge in [-0.3, -0.25) is 9.48 Å². The SMILES string of the molecule is Cc1nn(C)c(C)c1OCC(=O)NC(C(=O)O)C1CC1. The number of amides is 1. The summed E-state index contributed by atoms with van der Waals surface area (Å²) >= 11 is 0. The van der Waals surface area contributed by atoms with E-state index in [1.165, 1.54) is 0 Å². The highest BCUT2D eigenvalue weighted by Gasteiger charge is 2.37. The van der Waals surface area contributed by atoms with Gasteiger partial charge in [-0.25, -0.2) is 4.79 Å². The number of ether oxygens (including phenoxy) is 1. The van der Waals surface area contributed by atoms with Crippen LogP contribution in [0, 0.1) is 19.8 Å². The van der Waals surface area contributed by atoms with Crippen LogP contribution in [0.25, 0.3) is 0 Å².